The Bertz CT molecular complexity index is 425. The van der Waals surface area contributed by atoms with Gasteiger partial charge in [0.05, 0.1) is 0 Å². The fourth-order valence-corrected chi connectivity index (χ4v) is 2.60. The summed E-state index contributed by atoms with van der Waals surface area (Å²) in [6.07, 6.45) is 5.57. The van der Waals surface area contributed by atoms with Gasteiger partial charge in [-0.3, -0.25) is 4.79 Å². The standard InChI is InChI=1S/C14H23N3O/c1-10-8-9-13(17(10)2)14(18)16-12-7-5-3-4-6-11(12)15/h8-9,11-12H,3-7,15H2,1-2H3,(H,16,18). The lowest BCUT2D eigenvalue weighted by molar-refractivity contribution is 0.0920. The van der Waals surface area contributed by atoms with Crippen molar-refractivity contribution in [3.8, 4) is 0 Å². The van der Waals surface area contributed by atoms with E-state index in [1.54, 1.807) is 0 Å². The molecule has 1 amide bonds. The van der Waals surface area contributed by atoms with Crippen LogP contribution in [-0.2, 0) is 7.05 Å². The summed E-state index contributed by atoms with van der Waals surface area (Å²) in [6, 6.07) is 4.04. The molecule has 1 heterocycles. The number of amides is 1. The molecule has 1 aliphatic rings. The SMILES string of the molecule is Cc1ccc(C(=O)NC2CCCCCC2N)n1C. The van der Waals surface area contributed by atoms with Gasteiger partial charge in [0.25, 0.3) is 5.91 Å². The number of aryl methyl sites for hydroxylation is 1. The molecule has 100 valence electrons. The van der Waals surface area contributed by atoms with E-state index in [2.05, 4.69) is 5.32 Å². The summed E-state index contributed by atoms with van der Waals surface area (Å²) in [7, 11) is 1.91. The summed E-state index contributed by atoms with van der Waals surface area (Å²) in [5.41, 5.74) is 7.93. The molecule has 0 bridgehead atoms. The Hall–Kier alpha value is -1.29. The lowest BCUT2D eigenvalue weighted by Gasteiger charge is -2.22. The normalized spacial score (nSPS) is 24.6. The average molecular weight is 249 g/mol. The van der Waals surface area contributed by atoms with Crippen molar-refractivity contribution < 1.29 is 4.79 Å². The molecule has 2 rings (SSSR count). The number of nitrogens with two attached hydrogens (primary N) is 1. The Morgan fingerprint density at radius 1 is 1.33 bits per heavy atom. The molecule has 0 radical (unpaired) electrons. The van der Waals surface area contributed by atoms with Gasteiger partial charge in [-0.15, -0.1) is 0 Å². The Morgan fingerprint density at radius 2 is 2.06 bits per heavy atom. The topological polar surface area (TPSA) is 60.1 Å². The van der Waals surface area contributed by atoms with E-state index in [9.17, 15) is 4.79 Å². The second-order valence-corrected chi connectivity index (χ2v) is 5.30. The average Bonchev–Trinajstić information content (AvgIpc) is 2.55. The zero-order chi connectivity index (χ0) is 13.1. The van der Waals surface area contributed by atoms with Crippen LogP contribution in [0, 0.1) is 6.92 Å². The van der Waals surface area contributed by atoms with E-state index in [0.29, 0.717) is 5.69 Å². The molecular weight excluding hydrogens is 226 g/mol. The first-order valence-electron chi connectivity index (χ1n) is 6.78. The van der Waals surface area contributed by atoms with Crippen LogP contribution in [0.2, 0.25) is 0 Å². The van der Waals surface area contributed by atoms with Crippen LogP contribution in [0.5, 0.6) is 0 Å². The Balaban J connectivity index is 2.04. The van der Waals surface area contributed by atoms with Crippen molar-refractivity contribution in [2.45, 2.75) is 51.1 Å². The summed E-state index contributed by atoms with van der Waals surface area (Å²) in [6.45, 7) is 1.99. The fourth-order valence-electron chi connectivity index (χ4n) is 2.60. The van der Waals surface area contributed by atoms with Crippen LogP contribution in [0.25, 0.3) is 0 Å². The van der Waals surface area contributed by atoms with Crippen molar-refractivity contribution >= 4 is 5.91 Å². The van der Waals surface area contributed by atoms with Crippen LogP contribution in [0.3, 0.4) is 0 Å². The van der Waals surface area contributed by atoms with Crippen LogP contribution in [0.1, 0.15) is 48.3 Å². The quantitative estimate of drug-likeness (QED) is 0.784. The second kappa shape index (κ2) is 5.57. The van der Waals surface area contributed by atoms with Crippen LogP contribution in [-0.4, -0.2) is 22.6 Å². The highest BCUT2D eigenvalue weighted by molar-refractivity contribution is 5.93. The predicted molar refractivity (Wildman–Crippen MR) is 72.5 cm³/mol. The van der Waals surface area contributed by atoms with Crippen LogP contribution in [0.4, 0.5) is 0 Å². The molecule has 0 saturated heterocycles. The van der Waals surface area contributed by atoms with Gasteiger partial charge >= 0.3 is 0 Å². The number of rotatable bonds is 2. The molecule has 4 heteroatoms. The summed E-state index contributed by atoms with van der Waals surface area (Å²) in [5.74, 6) is -0.00653. The van der Waals surface area contributed by atoms with Crippen molar-refractivity contribution in [2.75, 3.05) is 0 Å². The van der Waals surface area contributed by atoms with Crippen molar-refractivity contribution in [1.29, 1.82) is 0 Å². The molecule has 2 unspecified atom stereocenters. The van der Waals surface area contributed by atoms with Gasteiger partial charge in [0.2, 0.25) is 0 Å². The summed E-state index contributed by atoms with van der Waals surface area (Å²) in [5, 5.41) is 3.09. The van der Waals surface area contributed by atoms with Crippen LogP contribution >= 0.6 is 0 Å². The zero-order valence-corrected chi connectivity index (χ0v) is 11.3. The Kier molecular flexibility index (Phi) is 4.07. The van der Waals surface area contributed by atoms with Crippen molar-refractivity contribution in [1.82, 2.24) is 9.88 Å². The minimum Gasteiger partial charge on any atom is -0.346 e. The monoisotopic (exact) mass is 249 g/mol. The first-order chi connectivity index (χ1) is 8.59. The van der Waals surface area contributed by atoms with Gasteiger partial charge in [-0.05, 0) is 31.9 Å². The molecule has 0 aliphatic heterocycles. The van der Waals surface area contributed by atoms with Gasteiger partial charge in [0, 0.05) is 24.8 Å². The maximum absolute atomic E-state index is 12.2. The van der Waals surface area contributed by atoms with E-state index in [1.807, 2.05) is 30.7 Å². The first kappa shape index (κ1) is 13.1. The number of nitrogens with one attached hydrogen (secondary N) is 1. The van der Waals surface area contributed by atoms with Gasteiger partial charge < -0.3 is 15.6 Å². The van der Waals surface area contributed by atoms with E-state index in [4.69, 9.17) is 5.73 Å². The second-order valence-electron chi connectivity index (χ2n) is 5.30. The maximum Gasteiger partial charge on any atom is 0.268 e. The number of carbonyl (C=O) groups excluding carboxylic acids is 1. The number of aromatic nitrogens is 1. The van der Waals surface area contributed by atoms with Gasteiger partial charge in [-0.25, -0.2) is 0 Å². The highest BCUT2D eigenvalue weighted by atomic mass is 16.2. The van der Waals surface area contributed by atoms with Crippen LogP contribution in [0.15, 0.2) is 12.1 Å². The molecular formula is C14H23N3O. The largest absolute Gasteiger partial charge is 0.346 e. The molecule has 3 N–H and O–H groups in total. The number of carbonyl (C=O) groups is 1. The van der Waals surface area contributed by atoms with E-state index in [0.717, 1.165) is 25.0 Å². The molecule has 2 atom stereocenters. The number of hydrogen-bond donors (Lipinski definition) is 2. The van der Waals surface area contributed by atoms with E-state index in [1.165, 1.54) is 12.8 Å². The summed E-state index contributed by atoms with van der Waals surface area (Å²) in [4.78, 5) is 12.2. The highest BCUT2D eigenvalue weighted by Gasteiger charge is 2.23. The molecule has 1 aromatic rings. The number of nitrogens with zero attached hydrogens (tertiary/aromatic N) is 1. The summed E-state index contributed by atoms with van der Waals surface area (Å²) >= 11 is 0. The molecule has 1 saturated carbocycles. The third-order valence-corrected chi connectivity index (χ3v) is 3.99. The maximum atomic E-state index is 12.2. The lowest BCUT2D eigenvalue weighted by atomic mass is 10.0. The third-order valence-electron chi connectivity index (χ3n) is 3.99. The molecule has 1 aromatic heterocycles. The molecule has 1 fully saturated rings. The Labute approximate surface area is 109 Å². The zero-order valence-electron chi connectivity index (χ0n) is 11.3. The third kappa shape index (κ3) is 2.75. The van der Waals surface area contributed by atoms with Crippen molar-refractivity contribution in [3.05, 3.63) is 23.5 Å². The first-order valence-corrected chi connectivity index (χ1v) is 6.78. The molecule has 18 heavy (non-hydrogen) atoms. The number of hydrogen-bond acceptors (Lipinski definition) is 2. The molecule has 0 spiro atoms. The Morgan fingerprint density at radius 3 is 2.72 bits per heavy atom. The van der Waals surface area contributed by atoms with Crippen molar-refractivity contribution in [3.63, 3.8) is 0 Å². The van der Waals surface area contributed by atoms with Crippen molar-refractivity contribution in [2.24, 2.45) is 12.8 Å². The molecule has 1 aliphatic carbocycles. The fraction of sp³-hybridized carbons (Fsp3) is 0.643. The van der Waals surface area contributed by atoms with E-state index in [-0.39, 0.29) is 18.0 Å². The molecule has 4 nitrogen and oxygen atoms in total. The predicted octanol–water partition coefficient (Wildman–Crippen LogP) is 1.72. The van der Waals surface area contributed by atoms with E-state index >= 15 is 0 Å². The highest BCUT2D eigenvalue weighted by Crippen LogP contribution is 2.17. The van der Waals surface area contributed by atoms with Gasteiger partial charge in [0.15, 0.2) is 0 Å². The van der Waals surface area contributed by atoms with Gasteiger partial charge in [0.1, 0.15) is 5.69 Å². The molecule has 0 aromatic carbocycles. The van der Waals surface area contributed by atoms with Gasteiger partial charge in [-0.2, -0.15) is 0 Å². The lowest BCUT2D eigenvalue weighted by Crippen LogP contribution is -2.47. The van der Waals surface area contributed by atoms with Crippen LogP contribution < -0.4 is 11.1 Å². The van der Waals surface area contributed by atoms with E-state index < -0.39 is 0 Å². The minimum absolute atomic E-state index is 0.00653. The van der Waals surface area contributed by atoms with Gasteiger partial charge in [-0.1, -0.05) is 19.3 Å². The smallest absolute Gasteiger partial charge is 0.268 e. The summed E-state index contributed by atoms with van der Waals surface area (Å²) < 4.78 is 1.91. The minimum atomic E-state index is -0.00653.